The maximum absolute atomic E-state index is 14.6. The number of nitrogens with one attached hydrogen (secondary N) is 1. The van der Waals surface area contributed by atoms with Gasteiger partial charge in [-0.25, -0.2) is 4.99 Å². The molecule has 0 unspecified atom stereocenters. The maximum Gasteiger partial charge on any atom is 0.306 e. The highest BCUT2D eigenvalue weighted by atomic mass is 16.6. The average molecular weight is 709 g/mol. The molecular weight excluding hydrogens is 660 g/mol. The Morgan fingerprint density at radius 1 is 0.865 bits per heavy atom. The standard InChI is InChI=1S/C42H48N2O8/c1-41(2,3)52-37(46)22-24-42(40(47)43-25-23-33-28-35(48-4)20-21-36(33)49-5)38(31-14-12-30(13-15-31)29-10-7-6-8-11-29)51-39(44-42)32-16-18-34(19-17-32)50-27-9-26-45/h6-8,10-21,28,38,45H,9,22-27H2,1-5H3,(H,43,47)/t38-,42-/m1/s1. The molecule has 52 heavy (non-hydrogen) atoms. The number of amides is 1. The summed E-state index contributed by atoms with van der Waals surface area (Å²) in [5.74, 6) is 1.44. The van der Waals surface area contributed by atoms with Crippen LogP contribution in [0.5, 0.6) is 17.2 Å². The number of rotatable bonds is 16. The van der Waals surface area contributed by atoms with Crippen molar-refractivity contribution in [2.75, 3.05) is 34.0 Å². The van der Waals surface area contributed by atoms with Crippen molar-refractivity contribution in [3.63, 3.8) is 0 Å². The van der Waals surface area contributed by atoms with Crippen LogP contribution < -0.4 is 19.5 Å². The van der Waals surface area contributed by atoms with Crippen LogP contribution in [0.4, 0.5) is 0 Å². The first-order chi connectivity index (χ1) is 25.0. The second-order valence-corrected chi connectivity index (χ2v) is 13.5. The van der Waals surface area contributed by atoms with E-state index in [-0.39, 0.29) is 37.8 Å². The summed E-state index contributed by atoms with van der Waals surface area (Å²) in [5.41, 5.74) is 2.10. The summed E-state index contributed by atoms with van der Waals surface area (Å²) in [7, 11) is 3.20. The van der Waals surface area contributed by atoms with Gasteiger partial charge in [-0.2, -0.15) is 0 Å². The molecule has 0 radical (unpaired) electrons. The predicted octanol–water partition coefficient (Wildman–Crippen LogP) is 6.87. The van der Waals surface area contributed by atoms with Crippen LogP contribution in [0.1, 0.15) is 62.8 Å². The summed E-state index contributed by atoms with van der Waals surface area (Å²) in [6.45, 7) is 6.11. The second kappa shape index (κ2) is 17.2. The zero-order valence-corrected chi connectivity index (χ0v) is 30.5. The number of esters is 1. The third-order valence-corrected chi connectivity index (χ3v) is 8.65. The minimum Gasteiger partial charge on any atom is -0.497 e. The lowest BCUT2D eigenvalue weighted by Gasteiger charge is -2.31. The summed E-state index contributed by atoms with van der Waals surface area (Å²) in [6.07, 6.45) is 0.0848. The Hall–Kier alpha value is -5.35. The van der Waals surface area contributed by atoms with E-state index in [0.29, 0.717) is 42.3 Å². The van der Waals surface area contributed by atoms with Crippen LogP contribution in [0.3, 0.4) is 0 Å². The van der Waals surface area contributed by atoms with Crippen LogP contribution in [-0.2, 0) is 25.5 Å². The van der Waals surface area contributed by atoms with Crippen molar-refractivity contribution in [3.8, 4) is 28.4 Å². The van der Waals surface area contributed by atoms with Crippen molar-refractivity contribution < 1.29 is 38.4 Å². The summed E-state index contributed by atoms with van der Waals surface area (Å²) in [6, 6.07) is 30.7. The summed E-state index contributed by atoms with van der Waals surface area (Å²) >= 11 is 0. The Bertz CT molecular complexity index is 1820. The van der Waals surface area contributed by atoms with E-state index in [0.717, 1.165) is 22.3 Å². The van der Waals surface area contributed by atoms with Gasteiger partial charge < -0.3 is 34.1 Å². The quantitative estimate of drug-likeness (QED) is 0.0955. The van der Waals surface area contributed by atoms with Gasteiger partial charge in [-0.15, -0.1) is 0 Å². The lowest BCUT2D eigenvalue weighted by molar-refractivity contribution is -0.155. The van der Waals surface area contributed by atoms with Crippen LogP contribution in [-0.4, -0.2) is 68.0 Å². The number of aliphatic imine (C=N–C) groups is 1. The van der Waals surface area contributed by atoms with E-state index in [1.165, 1.54) is 0 Å². The first-order valence-corrected chi connectivity index (χ1v) is 17.5. The molecule has 0 spiro atoms. The van der Waals surface area contributed by atoms with E-state index in [1.54, 1.807) is 26.4 Å². The van der Waals surface area contributed by atoms with Gasteiger partial charge in [0.1, 0.15) is 22.8 Å². The van der Waals surface area contributed by atoms with Crippen LogP contribution in [0, 0.1) is 0 Å². The SMILES string of the molecule is COc1ccc(OC)c(CCNC(=O)[C@]2(CCC(=O)OC(C)(C)C)N=C(c3ccc(OCCCO)cc3)O[C@@H]2c2ccc(-c3ccccc3)cc2)c1. The highest BCUT2D eigenvalue weighted by molar-refractivity contribution is 6.01. The van der Waals surface area contributed by atoms with Gasteiger partial charge >= 0.3 is 5.97 Å². The van der Waals surface area contributed by atoms with Gasteiger partial charge in [-0.3, -0.25) is 9.59 Å². The van der Waals surface area contributed by atoms with Gasteiger partial charge in [0, 0.05) is 31.6 Å². The van der Waals surface area contributed by atoms with Crippen molar-refractivity contribution >= 4 is 17.8 Å². The molecule has 1 aliphatic rings. The normalized spacial score (nSPS) is 16.7. The smallest absolute Gasteiger partial charge is 0.306 e. The Labute approximate surface area is 305 Å². The molecule has 0 saturated carbocycles. The third-order valence-electron chi connectivity index (χ3n) is 8.65. The summed E-state index contributed by atoms with van der Waals surface area (Å²) in [5, 5.41) is 12.2. The van der Waals surface area contributed by atoms with Crippen LogP contribution in [0.25, 0.3) is 11.1 Å². The highest BCUT2D eigenvalue weighted by Gasteiger charge is 2.53. The Kier molecular flexibility index (Phi) is 12.6. The lowest BCUT2D eigenvalue weighted by Crippen LogP contribution is -2.49. The molecule has 1 heterocycles. The molecule has 0 bridgehead atoms. The number of carbonyl (C=O) groups excluding carboxylic acids is 2. The molecule has 10 heteroatoms. The molecule has 2 N–H and O–H groups in total. The summed E-state index contributed by atoms with van der Waals surface area (Å²) < 4.78 is 29.0. The van der Waals surface area contributed by atoms with E-state index in [4.69, 9.17) is 33.8 Å². The van der Waals surface area contributed by atoms with Crippen LogP contribution in [0.2, 0.25) is 0 Å². The molecule has 1 amide bonds. The minimum atomic E-state index is -1.52. The second-order valence-electron chi connectivity index (χ2n) is 13.5. The minimum absolute atomic E-state index is 0.0349. The van der Waals surface area contributed by atoms with E-state index < -0.39 is 23.2 Å². The van der Waals surface area contributed by atoms with Crippen molar-refractivity contribution in [2.45, 2.75) is 63.7 Å². The topological polar surface area (TPSA) is 125 Å². The maximum atomic E-state index is 14.6. The van der Waals surface area contributed by atoms with Gasteiger partial charge in [0.2, 0.25) is 5.90 Å². The molecular formula is C42H48N2O8. The molecule has 0 saturated heterocycles. The summed E-state index contributed by atoms with van der Waals surface area (Å²) in [4.78, 5) is 32.8. The number of ether oxygens (including phenoxy) is 5. The van der Waals surface area contributed by atoms with Gasteiger partial charge in [0.15, 0.2) is 11.6 Å². The molecule has 4 aromatic rings. The van der Waals surface area contributed by atoms with E-state index in [2.05, 4.69) is 5.32 Å². The molecule has 2 atom stereocenters. The molecule has 1 aliphatic heterocycles. The fourth-order valence-electron chi connectivity index (χ4n) is 6.08. The van der Waals surface area contributed by atoms with Gasteiger partial charge in [0.05, 0.1) is 20.8 Å². The monoisotopic (exact) mass is 708 g/mol. The van der Waals surface area contributed by atoms with E-state index >= 15 is 0 Å². The zero-order valence-electron chi connectivity index (χ0n) is 30.5. The Morgan fingerprint density at radius 2 is 1.54 bits per heavy atom. The van der Waals surface area contributed by atoms with Crippen molar-refractivity contribution in [1.82, 2.24) is 5.32 Å². The molecule has 0 fully saturated rings. The first-order valence-electron chi connectivity index (χ1n) is 17.5. The predicted molar refractivity (Wildman–Crippen MR) is 200 cm³/mol. The van der Waals surface area contributed by atoms with E-state index in [9.17, 15) is 9.59 Å². The van der Waals surface area contributed by atoms with Gasteiger partial charge in [-0.1, -0.05) is 54.6 Å². The number of aliphatic hydroxyl groups excluding tert-OH is 1. The lowest BCUT2D eigenvalue weighted by atomic mass is 9.83. The molecule has 0 aliphatic carbocycles. The fraction of sp³-hybridized carbons (Fsp3) is 0.357. The zero-order chi connectivity index (χ0) is 37.1. The number of carbonyl (C=O) groups is 2. The molecule has 5 rings (SSSR count). The number of methoxy groups -OCH3 is 2. The number of benzene rings is 4. The Morgan fingerprint density at radius 3 is 2.19 bits per heavy atom. The largest absolute Gasteiger partial charge is 0.497 e. The molecule has 0 aromatic heterocycles. The number of nitrogens with zero attached hydrogens (tertiary/aromatic N) is 1. The van der Waals surface area contributed by atoms with Gasteiger partial charge in [-0.05, 0) is 98.3 Å². The van der Waals surface area contributed by atoms with E-state index in [1.807, 2.05) is 106 Å². The average Bonchev–Trinajstić information content (AvgIpc) is 3.55. The number of aliphatic hydroxyl groups is 1. The van der Waals surface area contributed by atoms with Crippen molar-refractivity contribution in [3.05, 3.63) is 114 Å². The molecule has 274 valence electrons. The Balaban J connectivity index is 1.51. The third kappa shape index (κ3) is 9.50. The fourth-order valence-corrected chi connectivity index (χ4v) is 6.08. The number of hydrogen-bond acceptors (Lipinski definition) is 9. The first kappa shape index (κ1) is 37.9. The number of hydrogen-bond donors (Lipinski definition) is 2. The van der Waals surface area contributed by atoms with Crippen LogP contribution >= 0.6 is 0 Å². The highest BCUT2D eigenvalue weighted by Crippen LogP contribution is 2.44. The van der Waals surface area contributed by atoms with Crippen molar-refractivity contribution in [1.29, 1.82) is 0 Å². The van der Waals surface area contributed by atoms with Gasteiger partial charge in [0.25, 0.3) is 5.91 Å². The van der Waals surface area contributed by atoms with Crippen LogP contribution in [0.15, 0.2) is 102 Å². The molecule has 10 nitrogen and oxygen atoms in total. The molecule has 4 aromatic carbocycles. The van der Waals surface area contributed by atoms with Crippen molar-refractivity contribution in [2.24, 2.45) is 4.99 Å².